The predicted molar refractivity (Wildman–Crippen MR) is 77.6 cm³/mol. The zero-order valence-corrected chi connectivity index (χ0v) is 12.4. The van der Waals surface area contributed by atoms with E-state index < -0.39 is 0 Å². The quantitative estimate of drug-likeness (QED) is 0.719. The third kappa shape index (κ3) is 2.91. The van der Waals surface area contributed by atoms with E-state index in [1.807, 2.05) is 19.1 Å². The second kappa shape index (κ2) is 6.48. The second-order valence-corrected chi connectivity index (χ2v) is 5.83. The molecule has 0 bridgehead atoms. The van der Waals surface area contributed by atoms with Gasteiger partial charge in [-0.15, -0.1) is 0 Å². The van der Waals surface area contributed by atoms with Crippen molar-refractivity contribution < 1.29 is 0 Å². The third-order valence-electron chi connectivity index (χ3n) is 2.50. The Kier molecular flexibility index (Phi) is 5.27. The molecule has 2 heteroatoms. The zero-order chi connectivity index (χ0) is 12.8. The molecule has 1 rings (SSSR count). The third-order valence-corrected chi connectivity index (χ3v) is 4.94. The van der Waals surface area contributed by atoms with Gasteiger partial charge in [0.05, 0.1) is 0 Å². The molecule has 0 fully saturated rings. The Labute approximate surface area is 111 Å². The van der Waals surface area contributed by atoms with E-state index in [9.17, 15) is 0 Å². The molecule has 0 atom stereocenters. The summed E-state index contributed by atoms with van der Waals surface area (Å²) in [5.74, 6) is 0. The summed E-state index contributed by atoms with van der Waals surface area (Å²) >= 11 is 0.305. The van der Waals surface area contributed by atoms with Crippen LogP contribution in [0.25, 0.3) is 0 Å². The number of nitrogens with zero attached hydrogens (tertiary/aromatic N) is 1. The first-order valence-electron chi connectivity index (χ1n) is 5.60. The van der Waals surface area contributed by atoms with Crippen LogP contribution in [-0.4, -0.2) is 26.9 Å². The zero-order valence-electron chi connectivity index (χ0n) is 10.7. The molecule has 17 heavy (non-hydrogen) atoms. The number of hydrogen-bond donors (Lipinski definition) is 0. The fourth-order valence-electron chi connectivity index (χ4n) is 1.74. The van der Waals surface area contributed by atoms with Crippen LogP contribution in [0.5, 0.6) is 0 Å². The number of hydrogen-bond acceptors (Lipinski definition) is 1. The van der Waals surface area contributed by atoms with Gasteiger partial charge in [0.1, 0.15) is 0 Å². The second-order valence-electron chi connectivity index (χ2n) is 3.56. The molecule has 1 aliphatic heterocycles. The van der Waals surface area contributed by atoms with Crippen molar-refractivity contribution in [2.45, 2.75) is 13.8 Å². The maximum atomic E-state index is 3.92. The molecule has 1 heterocycles. The van der Waals surface area contributed by atoms with Crippen molar-refractivity contribution in [3.05, 3.63) is 70.0 Å². The van der Waals surface area contributed by atoms with Crippen LogP contribution in [0, 0.1) is 0 Å². The summed E-state index contributed by atoms with van der Waals surface area (Å²) in [6.45, 7) is 11.8. The normalized spacial score (nSPS) is 21.7. The summed E-state index contributed by atoms with van der Waals surface area (Å²) in [6, 6.07) is 0. The minimum atomic E-state index is 0.305. The van der Waals surface area contributed by atoms with E-state index in [2.05, 4.69) is 56.3 Å². The molecule has 0 radical (unpaired) electrons. The average molecular weight is 292 g/mol. The molecule has 0 N–H and O–H groups in total. The van der Waals surface area contributed by atoms with Gasteiger partial charge in [0.2, 0.25) is 0 Å². The molecule has 0 unspecified atom stereocenters. The van der Waals surface area contributed by atoms with Crippen LogP contribution < -0.4 is 0 Å². The minimum absolute atomic E-state index is 0.305. The van der Waals surface area contributed by atoms with Gasteiger partial charge in [-0.05, 0) is 0 Å². The summed E-state index contributed by atoms with van der Waals surface area (Å²) in [4.78, 5) is 2.22. The van der Waals surface area contributed by atoms with E-state index >= 15 is 0 Å². The monoisotopic (exact) mass is 293 g/mol. The van der Waals surface area contributed by atoms with E-state index in [0.717, 1.165) is 0 Å². The van der Waals surface area contributed by atoms with Crippen LogP contribution >= 0.6 is 0 Å². The first-order valence-corrected chi connectivity index (χ1v) is 7.31. The summed E-state index contributed by atoms with van der Waals surface area (Å²) < 4.78 is 2.66. The van der Waals surface area contributed by atoms with Crippen molar-refractivity contribution in [2.24, 2.45) is 0 Å². The molecule has 0 spiro atoms. The first kappa shape index (κ1) is 13.8. The Bertz CT molecular complexity index is 436. The number of allylic oxidation sites excluding steroid dienone is 8. The Morgan fingerprint density at radius 2 is 1.94 bits per heavy atom. The fraction of sp³-hybridized carbons (Fsp3) is 0.200. The van der Waals surface area contributed by atoms with E-state index in [4.69, 9.17) is 0 Å². The Morgan fingerprint density at radius 3 is 2.41 bits per heavy atom. The van der Waals surface area contributed by atoms with Gasteiger partial charge in [-0.2, -0.15) is 0 Å². The Morgan fingerprint density at radius 1 is 1.24 bits per heavy atom. The standard InChI is InChI=1S/C15H19NSe/c1-6-10-13-14(9-4)17-15(11-7-2)12(8-3)16(13)5/h6-11H,2,4H2,1,3,5H3/b10-6-,12-8+,15-11+. The molecule has 0 saturated heterocycles. The predicted octanol–water partition coefficient (Wildman–Crippen LogP) is 3.58. The van der Waals surface area contributed by atoms with Crippen molar-refractivity contribution in [1.82, 2.24) is 4.90 Å². The van der Waals surface area contributed by atoms with Crippen molar-refractivity contribution >= 4 is 15.0 Å². The fourth-order valence-corrected chi connectivity index (χ4v) is 4.16. The van der Waals surface area contributed by atoms with Gasteiger partial charge in [0.25, 0.3) is 0 Å². The molecule has 1 aliphatic rings. The van der Waals surface area contributed by atoms with E-state index in [-0.39, 0.29) is 0 Å². The van der Waals surface area contributed by atoms with Gasteiger partial charge in [0, 0.05) is 0 Å². The van der Waals surface area contributed by atoms with E-state index in [1.165, 1.54) is 20.3 Å². The molecule has 0 amide bonds. The molecular formula is C15H19NSe. The van der Waals surface area contributed by atoms with Crippen molar-refractivity contribution in [2.75, 3.05) is 7.05 Å². The van der Waals surface area contributed by atoms with Crippen LogP contribution in [0.4, 0.5) is 0 Å². The van der Waals surface area contributed by atoms with E-state index in [1.54, 1.807) is 0 Å². The van der Waals surface area contributed by atoms with E-state index in [0.29, 0.717) is 15.0 Å². The molecule has 90 valence electrons. The van der Waals surface area contributed by atoms with Crippen molar-refractivity contribution in [3.63, 3.8) is 0 Å². The summed E-state index contributed by atoms with van der Waals surface area (Å²) in [6.07, 6.45) is 12.3. The van der Waals surface area contributed by atoms with Crippen LogP contribution in [0.3, 0.4) is 0 Å². The van der Waals surface area contributed by atoms with Gasteiger partial charge in [-0.3, -0.25) is 0 Å². The molecule has 0 aromatic rings. The van der Waals surface area contributed by atoms with Crippen LogP contribution in [0.15, 0.2) is 70.0 Å². The van der Waals surface area contributed by atoms with Gasteiger partial charge in [0.15, 0.2) is 0 Å². The van der Waals surface area contributed by atoms with Crippen molar-refractivity contribution in [3.8, 4) is 0 Å². The van der Waals surface area contributed by atoms with Crippen molar-refractivity contribution in [1.29, 1.82) is 0 Å². The van der Waals surface area contributed by atoms with Crippen LogP contribution in [0.1, 0.15) is 13.8 Å². The number of likely N-dealkylation sites (N-methyl/N-ethyl adjacent to an activating group) is 1. The van der Waals surface area contributed by atoms with Crippen LogP contribution in [-0.2, 0) is 0 Å². The molecule has 0 saturated carbocycles. The van der Waals surface area contributed by atoms with Gasteiger partial charge in [-0.1, -0.05) is 0 Å². The van der Waals surface area contributed by atoms with Gasteiger partial charge >= 0.3 is 111 Å². The number of rotatable bonds is 3. The average Bonchev–Trinajstić information content (AvgIpc) is 2.33. The topological polar surface area (TPSA) is 3.24 Å². The van der Waals surface area contributed by atoms with Gasteiger partial charge in [-0.25, -0.2) is 0 Å². The molecule has 0 aromatic heterocycles. The molecule has 0 aromatic carbocycles. The van der Waals surface area contributed by atoms with Crippen LogP contribution in [0.2, 0.25) is 0 Å². The summed E-state index contributed by atoms with van der Waals surface area (Å²) in [7, 11) is 2.10. The summed E-state index contributed by atoms with van der Waals surface area (Å²) in [5, 5.41) is 0. The molecule has 1 nitrogen and oxygen atoms in total. The molecule has 0 aliphatic carbocycles. The Balaban J connectivity index is 3.34. The van der Waals surface area contributed by atoms with Gasteiger partial charge < -0.3 is 0 Å². The first-order chi connectivity index (χ1) is 8.19. The Hall–Kier alpha value is -1.24. The molecular weight excluding hydrogens is 273 g/mol. The summed E-state index contributed by atoms with van der Waals surface area (Å²) in [5.41, 5.74) is 2.51. The SMILES string of the molecule is C=C/C=C1/[Se]C(C=C)=C(/C=C\C)N(C)/C1=C/C. The maximum absolute atomic E-state index is 3.92.